The highest BCUT2D eigenvalue weighted by Crippen LogP contribution is 2.24. The zero-order chi connectivity index (χ0) is 20.5. The number of rotatable bonds is 5. The number of hydrogen-bond acceptors (Lipinski definition) is 4. The lowest BCUT2D eigenvalue weighted by Crippen LogP contribution is -2.44. The molecule has 1 amide bonds. The Morgan fingerprint density at radius 3 is 2.90 bits per heavy atom. The van der Waals surface area contributed by atoms with Gasteiger partial charge in [-0.2, -0.15) is 0 Å². The van der Waals surface area contributed by atoms with E-state index < -0.39 is 0 Å². The van der Waals surface area contributed by atoms with Crippen molar-refractivity contribution < 1.29 is 4.79 Å². The second-order valence-electron chi connectivity index (χ2n) is 7.91. The van der Waals surface area contributed by atoms with Crippen LogP contribution >= 0.6 is 0 Å². The van der Waals surface area contributed by atoms with E-state index in [1.54, 1.807) is 6.20 Å². The van der Waals surface area contributed by atoms with E-state index >= 15 is 0 Å². The lowest BCUT2D eigenvalue weighted by Gasteiger charge is -2.36. The second kappa shape index (κ2) is 7.78. The predicted octanol–water partition coefficient (Wildman–Crippen LogP) is 3.02. The van der Waals surface area contributed by atoms with Crippen molar-refractivity contribution in [2.75, 3.05) is 6.54 Å². The van der Waals surface area contributed by atoms with E-state index in [1.165, 1.54) is 6.42 Å². The van der Waals surface area contributed by atoms with Crippen LogP contribution in [0.1, 0.15) is 36.0 Å². The first-order valence-corrected chi connectivity index (χ1v) is 10.4. The Morgan fingerprint density at radius 2 is 2.10 bits per heavy atom. The molecule has 8 nitrogen and oxygen atoms in total. The van der Waals surface area contributed by atoms with E-state index in [2.05, 4.69) is 19.7 Å². The number of hydrogen-bond donors (Lipinski definition) is 0. The fourth-order valence-electron chi connectivity index (χ4n) is 4.34. The highest BCUT2D eigenvalue weighted by Gasteiger charge is 2.28. The summed E-state index contributed by atoms with van der Waals surface area (Å²) >= 11 is 0. The topological polar surface area (TPSA) is 73.2 Å². The lowest BCUT2D eigenvalue weighted by atomic mass is 9.98. The van der Waals surface area contributed by atoms with Crippen LogP contribution in [-0.2, 0) is 13.6 Å². The molecule has 1 aliphatic rings. The molecule has 5 rings (SSSR count). The Bertz CT molecular complexity index is 1160. The summed E-state index contributed by atoms with van der Waals surface area (Å²) in [6, 6.07) is 7.96. The van der Waals surface area contributed by atoms with Crippen LogP contribution < -0.4 is 0 Å². The van der Waals surface area contributed by atoms with E-state index in [9.17, 15) is 4.79 Å². The number of amides is 1. The fourth-order valence-corrected chi connectivity index (χ4v) is 4.34. The molecule has 1 unspecified atom stereocenters. The van der Waals surface area contributed by atoms with Gasteiger partial charge in [0.15, 0.2) is 11.5 Å². The van der Waals surface area contributed by atoms with Gasteiger partial charge in [0, 0.05) is 51.0 Å². The first-order chi connectivity index (χ1) is 14.7. The summed E-state index contributed by atoms with van der Waals surface area (Å²) < 4.78 is 5.99. The molecule has 4 aromatic heterocycles. The van der Waals surface area contributed by atoms with Crippen LogP contribution in [0, 0.1) is 0 Å². The van der Waals surface area contributed by atoms with Crippen molar-refractivity contribution in [3.05, 3.63) is 60.9 Å². The van der Waals surface area contributed by atoms with Gasteiger partial charge in [0.1, 0.15) is 0 Å². The standard InChI is InChI=1S/C22H25N7O/c1-26-11-4-6-19(26)21-25-24-20-8-7-17(15-29(20)21)22(30)28-12-3-2-5-18(28)9-13-27-14-10-23-16-27/h4,6-8,10-11,14-16,18H,2-3,5,9,12-13H2,1H3. The summed E-state index contributed by atoms with van der Waals surface area (Å²) in [4.78, 5) is 19.6. The van der Waals surface area contributed by atoms with Crippen LogP contribution in [0.15, 0.2) is 55.4 Å². The number of nitrogens with zero attached hydrogens (tertiary/aromatic N) is 7. The van der Waals surface area contributed by atoms with Crippen LogP contribution in [0.2, 0.25) is 0 Å². The molecule has 4 aromatic rings. The van der Waals surface area contributed by atoms with Crippen molar-refractivity contribution in [2.24, 2.45) is 7.05 Å². The van der Waals surface area contributed by atoms with Gasteiger partial charge in [-0.15, -0.1) is 10.2 Å². The molecule has 30 heavy (non-hydrogen) atoms. The van der Waals surface area contributed by atoms with Gasteiger partial charge in [0.05, 0.1) is 17.6 Å². The summed E-state index contributed by atoms with van der Waals surface area (Å²) in [5.74, 6) is 0.821. The van der Waals surface area contributed by atoms with Crippen LogP contribution in [-0.4, -0.2) is 52.1 Å². The first kappa shape index (κ1) is 18.6. The van der Waals surface area contributed by atoms with E-state index in [4.69, 9.17) is 0 Å². The summed E-state index contributed by atoms with van der Waals surface area (Å²) in [5, 5.41) is 8.61. The Labute approximate surface area is 174 Å². The molecule has 0 saturated carbocycles. The van der Waals surface area contributed by atoms with E-state index in [0.29, 0.717) is 5.56 Å². The summed E-state index contributed by atoms with van der Waals surface area (Å²) in [6.07, 6.45) is 13.7. The van der Waals surface area contributed by atoms with Crippen molar-refractivity contribution in [1.29, 1.82) is 0 Å². The highest BCUT2D eigenvalue weighted by molar-refractivity contribution is 5.94. The molecule has 0 bridgehead atoms. The molecule has 0 aromatic carbocycles. The molecule has 5 heterocycles. The third kappa shape index (κ3) is 3.38. The Hall–Kier alpha value is -3.42. The molecular weight excluding hydrogens is 378 g/mol. The largest absolute Gasteiger partial charge is 0.348 e. The quantitative estimate of drug-likeness (QED) is 0.513. The molecule has 0 spiro atoms. The number of fused-ring (bicyclic) bond motifs is 1. The molecule has 0 radical (unpaired) electrons. The third-order valence-electron chi connectivity index (χ3n) is 5.99. The Kier molecular flexibility index (Phi) is 4.82. The summed E-state index contributed by atoms with van der Waals surface area (Å²) in [7, 11) is 1.98. The number of likely N-dealkylation sites (tertiary alicyclic amines) is 1. The smallest absolute Gasteiger partial charge is 0.255 e. The molecule has 1 saturated heterocycles. The van der Waals surface area contributed by atoms with Gasteiger partial charge in [0.25, 0.3) is 5.91 Å². The van der Waals surface area contributed by atoms with E-state index in [0.717, 1.165) is 49.5 Å². The van der Waals surface area contributed by atoms with E-state index in [-0.39, 0.29) is 11.9 Å². The highest BCUT2D eigenvalue weighted by atomic mass is 16.2. The average Bonchev–Trinajstić information content (AvgIpc) is 3.52. The Balaban J connectivity index is 1.42. The first-order valence-electron chi connectivity index (χ1n) is 10.4. The van der Waals surface area contributed by atoms with Crippen molar-refractivity contribution in [3.63, 3.8) is 0 Å². The second-order valence-corrected chi connectivity index (χ2v) is 7.91. The molecule has 154 valence electrons. The minimum Gasteiger partial charge on any atom is -0.348 e. The van der Waals surface area contributed by atoms with Crippen molar-refractivity contribution in [2.45, 2.75) is 38.3 Å². The molecule has 1 aliphatic heterocycles. The van der Waals surface area contributed by atoms with Gasteiger partial charge >= 0.3 is 0 Å². The molecule has 0 aliphatic carbocycles. The lowest BCUT2D eigenvalue weighted by molar-refractivity contribution is 0.0595. The average molecular weight is 403 g/mol. The number of piperidine rings is 1. The van der Waals surface area contributed by atoms with Gasteiger partial charge < -0.3 is 14.0 Å². The number of imidazole rings is 1. The molecular formula is C22H25N7O. The van der Waals surface area contributed by atoms with Crippen LogP contribution in [0.4, 0.5) is 0 Å². The minimum atomic E-state index is 0.0822. The molecule has 1 atom stereocenters. The van der Waals surface area contributed by atoms with Gasteiger partial charge in [-0.3, -0.25) is 9.20 Å². The van der Waals surface area contributed by atoms with Crippen LogP contribution in [0.5, 0.6) is 0 Å². The van der Waals surface area contributed by atoms with Gasteiger partial charge in [-0.05, 0) is 49.9 Å². The van der Waals surface area contributed by atoms with Crippen molar-refractivity contribution in [3.8, 4) is 11.5 Å². The van der Waals surface area contributed by atoms with Crippen LogP contribution in [0.25, 0.3) is 17.2 Å². The van der Waals surface area contributed by atoms with E-state index in [1.807, 2.05) is 70.1 Å². The molecule has 0 N–H and O–H groups in total. The number of aromatic nitrogens is 6. The maximum absolute atomic E-state index is 13.4. The predicted molar refractivity (Wildman–Crippen MR) is 113 cm³/mol. The SMILES string of the molecule is Cn1cccc1-c1nnc2ccc(C(=O)N3CCCCC3CCn3ccnc3)cn12. The van der Waals surface area contributed by atoms with Gasteiger partial charge in [0.2, 0.25) is 0 Å². The van der Waals surface area contributed by atoms with Crippen molar-refractivity contribution >= 4 is 11.6 Å². The monoisotopic (exact) mass is 403 g/mol. The summed E-state index contributed by atoms with van der Waals surface area (Å²) in [5.41, 5.74) is 2.37. The minimum absolute atomic E-state index is 0.0822. The molecule has 8 heteroatoms. The molecule has 1 fully saturated rings. The van der Waals surface area contributed by atoms with Crippen LogP contribution in [0.3, 0.4) is 0 Å². The number of carbonyl (C=O) groups is 1. The number of aryl methyl sites for hydroxylation is 2. The summed E-state index contributed by atoms with van der Waals surface area (Å²) in [6.45, 7) is 1.68. The third-order valence-corrected chi connectivity index (χ3v) is 5.99. The number of carbonyl (C=O) groups excluding carboxylic acids is 1. The Morgan fingerprint density at radius 1 is 1.17 bits per heavy atom. The zero-order valence-electron chi connectivity index (χ0n) is 17.1. The number of pyridine rings is 1. The van der Waals surface area contributed by atoms with Gasteiger partial charge in [-0.25, -0.2) is 4.98 Å². The fraction of sp³-hybridized carbons (Fsp3) is 0.364. The normalized spacial score (nSPS) is 17.0. The van der Waals surface area contributed by atoms with Gasteiger partial charge in [-0.1, -0.05) is 0 Å². The maximum atomic E-state index is 13.4. The van der Waals surface area contributed by atoms with Crippen molar-refractivity contribution in [1.82, 2.24) is 33.6 Å². The maximum Gasteiger partial charge on any atom is 0.255 e. The zero-order valence-corrected chi connectivity index (χ0v) is 17.1.